The first-order valence-electron chi connectivity index (χ1n) is 5.45. The van der Waals surface area contributed by atoms with Crippen molar-refractivity contribution >= 4 is 11.7 Å². The van der Waals surface area contributed by atoms with Gasteiger partial charge in [-0.2, -0.15) is 0 Å². The standard InChI is InChI=1S/C12H13NO3/c14-12(15)8-1-3-9(4-2-8)13-10-5-11(13)7-16-6-10/h1-4,10-11H,5-7H2,(H,14,15)/t10-,11-/m1/s1. The molecule has 0 aromatic heterocycles. The van der Waals surface area contributed by atoms with Crippen LogP contribution in [-0.2, 0) is 4.74 Å². The van der Waals surface area contributed by atoms with E-state index in [0.29, 0.717) is 17.6 Å². The van der Waals surface area contributed by atoms with Gasteiger partial charge in [-0.15, -0.1) is 0 Å². The van der Waals surface area contributed by atoms with E-state index in [4.69, 9.17) is 9.84 Å². The Balaban J connectivity index is 1.82. The van der Waals surface area contributed by atoms with Gasteiger partial charge in [0.25, 0.3) is 0 Å². The average molecular weight is 219 g/mol. The van der Waals surface area contributed by atoms with Gasteiger partial charge < -0.3 is 14.7 Å². The predicted octanol–water partition coefficient (Wildman–Crippen LogP) is 1.36. The molecular weight excluding hydrogens is 206 g/mol. The number of anilines is 1. The van der Waals surface area contributed by atoms with Crippen LogP contribution in [0.1, 0.15) is 16.8 Å². The van der Waals surface area contributed by atoms with Crippen molar-refractivity contribution in [1.29, 1.82) is 0 Å². The average Bonchev–Trinajstić information content (AvgIpc) is 2.30. The van der Waals surface area contributed by atoms with E-state index in [1.165, 1.54) is 6.42 Å². The number of hydrogen-bond acceptors (Lipinski definition) is 3. The number of aromatic carboxylic acids is 1. The van der Waals surface area contributed by atoms with Gasteiger partial charge in [-0.25, -0.2) is 4.79 Å². The third-order valence-corrected chi connectivity index (χ3v) is 3.36. The zero-order chi connectivity index (χ0) is 11.1. The number of benzene rings is 1. The van der Waals surface area contributed by atoms with Crippen LogP contribution in [0.15, 0.2) is 24.3 Å². The summed E-state index contributed by atoms with van der Waals surface area (Å²) < 4.78 is 5.41. The first-order chi connectivity index (χ1) is 7.75. The van der Waals surface area contributed by atoms with Crippen molar-refractivity contribution in [2.75, 3.05) is 18.1 Å². The summed E-state index contributed by atoms with van der Waals surface area (Å²) in [7, 11) is 0. The molecule has 84 valence electrons. The first-order valence-corrected chi connectivity index (χ1v) is 5.45. The van der Waals surface area contributed by atoms with E-state index in [2.05, 4.69) is 4.90 Å². The Morgan fingerprint density at radius 1 is 1.25 bits per heavy atom. The Hall–Kier alpha value is -1.55. The number of carboxylic acid groups (broad SMARTS) is 1. The lowest BCUT2D eigenvalue weighted by Gasteiger charge is -2.53. The van der Waals surface area contributed by atoms with Crippen LogP contribution in [-0.4, -0.2) is 36.4 Å². The van der Waals surface area contributed by atoms with Crippen molar-refractivity contribution in [2.24, 2.45) is 0 Å². The van der Waals surface area contributed by atoms with Gasteiger partial charge in [0, 0.05) is 5.69 Å². The van der Waals surface area contributed by atoms with E-state index in [-0.39, 0.29) is 0 Å². The molecule has 2 aliphatic rings. The zero-order valence-electron chi connectivity index (χ0n) is 8.80. The molecule has 4 heteroatoms. The Bertz CT molecular complexity index is 401. The maximum Gasteiger partial charge on any atom is 0.335 e. The SMILES string of the molecule is O=C(O)c1ccc(N2[C@H]3COC[C@H]2C3)cc1. The molecule has 4 nitrogen and oxygen atoms in total. The Morgan fingerprint density at radius 3 is 2.38 bits per heavy atom. The summed E-state index contributed by atoms with van der Waals surface area (Å²) in [6.45, 7) is 1.58. The van der Waals surface area contributed by atoms with Gasteiger partial charge in [0.1, 0.15) is 0 Å². The second-order valence-corrected chi connectivity index (χ2v) is 4.34. The summed E-state index contributed by atoms with van der Waals surface area (Å²) in [5, 5.41) is 8.81. The number of morpholine rings is 1. The van der Waals surface area contributed by atoms with Crippen LogP contribution in [0.5, 0.6) is 0 Å². The molecule has 2 heterocycles. The minimum atomic E-state index is -0.876. The maximum atomic E-state index is 10.7. The van der Waals surface area contributed by atoms with Gasteiger partial charge in [0.05, 0.1) is 30.9 Å². The molecule has 0 unspecified atom stereocenters. The summed E-state index contributed by atoms with van der Waals surface area (Å²) in [6, 6.07) is 8.05. The molecule has 0 saturated carbocycles. The number of carboxylic acids is 1. The molecule has 16 heavy (non-hydrogen) atoms. The van der Waals surface area contributed by atoms with Crippen LogP contribution in [0.25, 0.3) is 0 Å². The fraction of sp³-hybridized carbons (Fsp3) is 0.417. The molecule has 2 fully saturated rings. The topological polar surface area (TPSA) is 49.8 Å². The summed E-state index contributed by atoms with van der Waals surface area (Å²) in [5.74, 6) is -0.876. The monoisotopic (exact) mass is 219 g/mol. The molecule has 2 bridgehead atoms. The normalized spacial score (nSPS) is 27.4. The van der Waals surface area contributed by atoms with Crippen LogP contribution < -0.4 is 4.90 Å². The fourth-order valence-electron chi connectivity index (χ4n) is 2.54. The van der Waals surface area contributed by atoms with Gasteiger partial charge in [-0.3, -0.25) is 0 Å². The van der Waals surface area contributed by atoms with Crippen LogP contribution in [0.3, 0.4) is 0 Å². The number of carbonyl (C=O) groups is 1. The van der Waals surface area contributed by atoms with Gasteiger partial charge in [-0.05, 0) is 30.7 Å². The third kappa shape index (κ3) is 1.38. The van der Waals surface area contributed by atoms with Gasteiger partial charge in [0.15, 0.2) is 0 Å². The molecule has 1 aromatic carbocycles. The summed E-state index contributed by atoms with van der Waals surface area (Å²) in [5.41, 5.74) is 1.44. The van der Waals surface area contributed by atoms with Crippen LogP contribution in [0.4, 0.5) is 5.69 Å². The summed E-state index contributed by atoms with van der Waals surface area (Å²) in [6.07, 6.45) is 1.20. The highest BCUT2D eigenvalue weighted by Crippen LogP contribution is 2.35. The van der Waals surface area contributed by atoms with Crippen molar-refractivity contribution in [3.8, 4) is 0 Å². The molecule has 0 aliphatic carbocycles. The first kappa shape index (κ1) is 9.66. The van der Waals surface area contributed by atoms with Crippen molar-refractivity contribution in [1.82, 2.24) is 0 Å². The highest BCUT2D eigenvalue weighted by atomic mass is 16.5. The minimum Gasteiger partial charge on any atom is -0.478 e. The molecular formula is C12H13NO3. The smallest absolute Gasteiger partial charge is 0.335 e. The van der Waals surface area contributed by atoms with Gasteiger partial charge in [0.2, 0.25) is 0 Å². The molecule has 2 atom stereocenters. The van der Waals surface area contributed by atoms with Gasteiger partial charge >= 0.3 is 5.97 Å². The quantitative estimate of drug-likeness (QED) is 0.816. The summed E-state index contributed by atoms with van der Waals surface area (Å²) in [4.78, 5) is 13.1. The Labute approximate surface area is 93.4 Å². The zero-order valence-corrected chi connectivity index (χ0v) is 8.80. The van der Waals surface area contributed by atoms with Crippen molar-refractivity contribution < 1.29 is 14.6 Å². The number of fused-ring (bicyclic) bond motifs is 2. The highest BCUT2D eigenvalue weighted by molar-refractivity contribution is 5.88. The lowest BCUT2D eigenvalue weighted by molar-refractivity contribution is 0.0103. The second kappa shape index (κ2) is 3.49. The molecule has 1 N–H and O–H groups in total. The Kier molecular flexibility index (Phi) is 2.11. The molecule has 0 spiro atoms. The number of nitrogens with zero attached hydrogens (tertiary/aromatic N) is 1. The van der Waals surface area contributed by atoms with Crippen molar-refractivity contribution in [3.05, 3.63) is 29.8 Å². The molecule has 3 rings (SSSR count). The molecule has 0 radical (unpaired) electrons. The van der Waals surface area contributed by atoms with Crippen molar-refractivity contribution in [2.45, 2.75) is 18.5 Å². The third-order valence-electron chi connectivity index (χ3n) is 3.36. The summed E-state index contributed by atoms with van der Waals surface area (Å²) >= 11 is 0. The van der Waals surface area contributed by atoms with Crippen LogP contribution >= 0.6 is 0 Å². The van der Waals surface area contributed by atoms with Crippen LogP contribution in [0.2, 0.25) is 0 Å². The number of rotatable bonds is 2. The van der Waals surface area contributed by atoms with E-state index in [1.807, 2.05) is 12.1 Å². The lowest BCUT2D eigenvalue weighted by atomic mass is 9.90. The van der Waals surface area contributed by atoms with E-state index < -0.39 is 5.97 Å². The van der Waals surface area contributed by atoms with Crippen LogP contribution in [0, 0.1) is 0 Å². The molecule has 1 aromatic rings. The van der Waals surface area contributed by atoms with E-state index >= 15 is 0 Å². The molecule has 0 amide bonds. The van der Waals surface area contributed by atoms with Crippen molar-refractivity contribution in [3.63, 3.8) is 0 Å². The molecule has 2 aliphatic heterocycles. The number of hydrogen-bond donors (Lipinski definition) is 1. The predicted molar refractivity (Wildman–Crippen MR) is 58.9 cm³/mol. The van der Waals surface area contributed by atoms with Gasteiger partial charge in [-0.1, -0.05) is 0 Å². The number of ether oxygens (including phenoxy) is 1. The largest absolute Gasteiger partial charge is 0.478 e. The highest BCUT2D eigenvalue weighted by Gasteiger charge is 2.42. The lowest BCUT2D eigenvalue weighted by Crippen LogP contribution is -2.64. The minimum absolute atomic E-state index is 0.339. The van der Waals surface area contributed by atoms with E-state index in [9.17, 15) is 4.79 Å². The second-order valence-electron chi connectivity index (χ2n) is 4.34. The fourth-order valence-corrected chi connectivity index (χ4v) is 2.54. The van der Waals surface area contributed by atoms with E-state index in [1.54, 1.807) is 12.1 Å². The molecule has 2 saturated heterocycles. The van der Waals surface area contributed by atoms with E-state index in [0.717, 1.165) is 18.9 Å². The maximum absolute atomic E-state index is 10.7. The Morgan fingerprint density at radius 2 is 1.88 bits per heavy atom.